The van der Waals surface area contributed by atoms with Gasteiger partial charge in [-0.1, -0.05) is 12.1 Å². The van der Waals surface area contributed by atoms with Crippen molar-refractivity contribution in [2.45, 2.75) is 39.0 Å². The zero-order chi connectivity index (χ0) is 17.8. The fourth-order valence-corrected chi connectivity index (χ4v) is 4.26. The number of hydrogen-bond acceptors (Lipinski definition) is 2. The van der Waals surface area contributed by atoms with Crippen LogP contribution in [0.1, 0.15) is 36.0 Å². The van der Waals surface area contributed by atoms with Crippen molar-refractivity contribution in [3.05, 3.63) is 47.2 Å². The number of aryl methyl sites for hydroxylation is 2. The maximum absolute atomic E-state index is 12.0. The number of nitrogens with one attached hydrogen (secondary N) is 1. The monoisotopic (exact) mass is 345 g/mol. The van der Waals surface area contributed by atoms with Gasteiger partial charge in [-0.3, -0.25) is 4.79 Å². The largest absolute Gasteiger partial charge is 0.342 e. The average molecular weight is 345 g/mol. The van der Waals surface area contributed by atoms with Gasteiger partial charge in [-0.25, -0.2) is 4.98 Å². The molecule has 0 aliphatic heterocycles. The van der Waals surface area contributed by atoms with Crippen LogP contribution in [0.15, 0.2) is 30.5 Å². The Labute approximate surface area is 153 Å². The zero-order valence-corrected chi connectivity index (χ0v) is 15.3. The standard InChI is InChI=1S/C22H23N3O/c1-13-17-5-3-4-14(17)8-9-18(13)19-10-16-11-21(23-12-20(16)25(19)2)24-22(26)15-6-7-15/h8-12,15H,3-7H2,1-2H3,(H,23,24,26). The lowest BCUT2D eigenvalue weighted by molar-refractivity contribution is -0.117. The molecule has 0 atom stereocenters. The van der Waals surface area contributed by atoms with E-state index in [-0.39, 0.29) is 11.8 Å². The van der Waals surface area contributed by atoms with Crippen molar-refractivity contribution in [2.75, 3.05) is 5.32 Å². The highest BCUT2D eigenvalue weighted by Gasteiger charge is 2.29. The van der Waals surface area contributed by atoms with Gasteiger partial charge in [-0.05, 0) is 67.9 Å². The van der Waals surface area contributed by atoms with Gasteiger partial charge in [-0.2, -0.15) is 0 Å². The van der Waals surface area contributed by atoms with Crippen LogP contribution in [0.5, 0.6) is 0 Å². The van der Waals surface area contributed by atoms with Crippen molar-refractivity contribution in [3.63, 3.8) is 0 Å². The Kier molecular flexibility index (Phi) is 3.42. The number of hydrogen-bond donors (Lipinski definition) is 1. The van der Waals surface area contributed by atoms with Gasteiger partial charge in [0.15, 0.2) is 0 Å². The molecule has 1 N–H and O–H groups in total. The van der Waals surface area contributed by atoms with Gasteiger partial charge in [0.1, 0.15) is 5.82 Å². The highest BCUT2D eigenvalue weighted by molar-refractivity contribution is 5.96. The number of anilines is 1. The first-order chi connectivity index (χ1) is 12.6. The molecule has 0 radical (unpaired) electrons. The lowest BCUT2D eigenvalue weighted by Crippen LogP contribution is -2.14. The number of aromatic nitrogens is 2. The first-order valence-electron chi connectivity index (χ1n) is 9.50. The summed E-state index contributed by atoms with van der Waals surface area (Å²) in [6, 6.07) is 8.76. The van der Waals surface area contributed by atoms with Crippen LogP contribution in [0.25, 0.3) is 22.2 Å². The quantitative estimate of drug-likeness (QED) is 0.765. The number of pyridine rings is 1. The highest BCUT2D eigenvalue weighted by Crippen LogP contribution is 2.35. The third-order valence-electron chi connectivity index (χ3n) is 5.97. The van der Waals surface area contributed by atoms with E-state index in [1.807, 2.05) is 12.3 Å². The SMILES string of the molecule is Cc1c(-c2cc3cc(NC(=O)C4CC4)ncc3n2C)ccc2c1CCC2. The topological polar surface area (TPSA) is 46.9 Å². The first-order valence-corrected chi connectivity index (χ1v) is 9.50. The summed E-state index contributed by atoms with van der Waals surface area (Å²) in [5, 5.41) is 4.06. The van der Waals surface area contributed by atoms with Gasteiger partial charge in [0.25, 0.3) is 0 Å². The Balaban J connectivity index is 1.56. The molecule has 0 spiro atoms. The third-order valence-corrected chi connectivity index (χ3v) is 5.97. The highest BCUT2D eigenvalue weighted by atomic mass is 16.2. The second kappa shape index (κ2) is 5.70. The molecular formula is C22H23N3O. The van der Waals surface area contributed by atoms with Gasteiger partial charge in [-0.15, -0.1) is 0 Å². The van der Waals surface area contributed by atoms with Gasteiger partial charge >= 0.3 is 0 Å². The smallest absolute Gasteiger partial charge is 0.228 e. The predicted octanol–water partition coefficient (Wildman–Crippen LogP) is 4.39. The molecule has 2 aliphatic rings. The molecule has 26 heavy (non-hydrogen) atoms. The molecule has 1 amide bonds. The summed E-state index contributed by atoms with van der Waals surface area (Å²) in [5.41, 5.74) is 8.04. The number of carbonyl (C=O) groups excluding carboxylic acids is 1. The Morgan fingerprint density at radius 3 is 2.88 bits per heavy atom. The molecule has 2 heterocycles. The van der Waals surface area contributed by atoms with Crippen molar-refractivity contribution in [3.8, 4) is 11.3 Å². The Hall–Kier alpha value is -2.62. The maximum Gasteiger partial charge on any atom is 0.228 e. The van der Waals surface area contributed by atoms with Crippen LogP contribution < -0.4 is 5.32 Å². The van der Waals surface area contributed by atoms with Crippen molar-refractivity contribution in [1.82, 2.24) is 9.55 Å². The summed E-state index contributed by atoms with van der Waals surface area (Å²) < 4.78 is 2.21. The van der Waals surface area contributed by atoms with Gasteiger partial charge in [0.2, 0.25) is 5.91 Å². The Morgan fingerprint density at radius 1 is 1.23 bits per heavy atom. The van der Waals surface area contributed by atoms with Crippen LogP contribution in [0, 0.1) is 12.8 Å². The number of fused-ring (bicyclic) bond motifs is 2. The summed E-state index contributed by atoms with van der Waals surface area (Å²) in [7, 11) is 2.09. The number of amides is 1. The molecule has 1 aromatic carbocycles. The van der Waals surface area contributed by atoms with Crippen LogP contribution in [-0.2, 0) is 24.7 Å². The van der Waals surface area contributed by atoms with Gasteiger partial charge < -0.3 is 9.88 Å². The summed E-state index contributed by atoms with van der Waals surface area (Å²) >= 11 is 0. The molecule has 2 aliphatic carbocycles. The van der Waals surface area contributed by atoms with E-state index >= 15 is 0 Å². The maximum atomic E-state index is 12.0. The number of carbonyl (C=O) groups is 1. The van der Waals surface area contributed by atoms with Crippen LogP contribution in [0.3, 0.4) is 0 Å². The molecule has 132 valence electrons. The van der Waals surface area contributed by atoms with Gasteiger partial charge in [0, 0.05) is 29.6 Å². The van der Waals surface area contributed by atoms with E-state index in [0.717, 1.165) is 23.7 Å². The van der Waals surface area contributed by atoms with E-state index in [2.05, 4.69) is 47.0 Å². The third kappa shape index (κ3) is 2.44. The van der Waals surface area contributed by atoms with Crippen molar-refractivity contribution >= 4 is 22.6 Å². The first kappa shape index (κ1) is 15.6. The zero-order valence-electron chi connectivity index (χ0n) is 15.3. The summed E-state index contributed by atoms with van der Waals surface area (Å²) in [6.45, 7) is 2.25. The lowest BCUT2D eigenvalue weighted by Gasteiger charge is -2.12. The average Bonchev–Trinajstić information content (AvgIpc) is 3.29. The normalized spacial score (nSPS) is 16.1. The fourth-order valence-electron chi connectivity index (χ4n) is 4.26. The molecule has 0 unspecified atom stereocenters. The number of rotatable bonds is 3. The molecule has 4 heteroatoms. The molecule has 0 bridgehead atoms. The minimum atomic E-state index is 0.0995. The number of benzene rings is 1. The van der Waals surface area contributed by atoms with E-state index in [9.17, 15) is 4.79 Å². The molecule has 5 rings (SSSR count). The Bertz CT molecular complexity index is 1040. The second-order valence-corrected chi connectivity index (χ2v) is 7.71. The fraction of sp³-hybridized carbons (Fsp3) is 0.364. The van der Waals surface area contributed by atoms with E-state index in [1.165, 1.54) is 47.2 Å². The van der Waals surface area contributed by atoms with Crippen LogP contribution in [-0.4, -0.2) is 15.5 Å². The van der Waals surface area contributed by atoms with Crippen LogP contribution >= 0.6 is 0 Å². The molecule has 1 saturated carbocycles. The molecule has 2 aromatic heterocycles. The van der Waals surface area contributed by atoms with Crippen molar-refractivity contribution < 1.29 is 4.79 Å². The van der Waals surface area contributed by atoms with Crippen LogP contribution in [0.2, 0.25) is 0 Å². The lowest BCUT2D eigenvalue weighted by atomic mass is 9.97. The molecule has 1 fully saturated rings. The number of nitrogens with zero attached hydrogens (tertiary/aromatic N) is 2. The summed E-state index contributed by atoms with van der Waals surface area (Å²) in [5.74, 6) is 0.938. The summed E-state index contributed by atoms with van der Waals surface area (Å²) in [4.78, 5) is 16.5. The predicted molar refractivity (Wildman–Crippen MR) is 104 cm³/mol. The van der Waals surface area contributed by atoms with E-state index in [0.29, 0.717) is 5.82 Å². The molecule has 4 nitrogen and oxygen atoms in total. The minimum Gasteiger partial charge on any atom is -0.342 e. The minimum absolute atomic E-state index is 0.0995. The van der Waals surface area contributed by atoms with E-state index in [1.54, 1.807) is 0 Å². The molecular weight excluding hydrogens is 322 g/mol. The molecule has 0 saturated heterocycles. The Morgan fingerprint density at radius 2 is 2.08 bits per heavy atom. The van der Waals surface area contributed by atoms with Crippen molar-refractivity contribution in [1.29, 1.82) is 0 Å². The van der Waals surface area contributed by atoms with E-state index in [4.69, 9.17) is 0 Å². The van der Waals surface area contributed by atoms with Crippen molar-refractivity contribution in [2.24, 2.45) is 13.0 Å². The summed E-state index contributed by atoms with van der Waals surface area (Å²) in [6.07, 6.45) is 7.53. The molecule has 3 aromatic rings. The van der Waals surface area contributed by atoms with Crippen LogP contribution in [0.4, 0.5) is 5.82 Å². The van der Waals surface area contributed by atoms with E-state index < -0.39 is 0 Å². The van der Waals surface area contributed by atoms with Gasteiger partial charge in [0.05, 0.1) is 11.7 Å². The second-order valence-electron chi connectivity index (χ2n) is 7.71.